The Morgan fingerprint density at radius 1 is 1.43 bits per heavy atom. The standard InChI is InChI=1S/C15H17ClN4O3/c1-10-5-7-18-20(10)8-6-14(21)23-19-15(17)12-9-11(16)3-4-13(12)22-2/h3-5,7,9H,6,8H2,1-2H3,(H2,17,19). The molecule has 1 aromatic heterocycles. The van der Waals surface area contributed by atoms with Gasteiger partial charge < -0.3 is 15.3 Å². The van der Waals surface area contributed by atoms with Crippen LogP contribution in [-0.4, -0.2) is 28.7 Å². The Labute approximate surface area is 138 Å². The molecular formula is C15H17ClN4O3. The number of ether oxygens (including phenoxy) is 1. The van der Waals surface area contributed by atoms with E-state index >= 15 is 0 Å². The third-order valence-corrected chi connectivity index (χ3v) is 3.38. The number of hydrogen-bond donors (Lipinski definition) is 1. The zero-order chi connectivity index (χ0) is 16.8. The van der Waals surface area contributed by atoms with Crippen LogP contribution in [0.3, 0.4) is 0 Å². The predicted octanol–water partition coefficient (Wildman–Crippen LogP) is 2.11. The predicted molar refractivity (Wildman–Crippen MR) is 86.4 cm³/mol. The molecule has 122 valence electrons. The van der Waals surface area contributed by atoms with E-state index in [-0.39, 0.29) is 12.3 Å². The van der Waals surface area contributed by atoms with Gasteiger partial charge in [0.2, 0.25) is 0 Å². The number of oxime groups is 1. The molecular weight excluding hydrogens is 320 g/mol. The number of nitrogens with two attached hydrogens (primary N) is 1. The molecule has 8 heteroatoms. The fourth-order valence-corrected chi connectivity index (χ4v) is 2.08. The van der Waals surface area contributed by atoms with Crippen molar-refractivity contribution in [1.29, 1.82) is 0 Å². The van der Waals surface area contributed by atoms with E-state index in [0.29, 0.717) is 22.9 Å². The smallest absolute Gasteiger partial charge is 0.336 e. The average molecular weight is 337 g/mol. The van der Waals surface area contributed by atoms with Crippen LogP contribution in [0.25, 0.3) is 0 Å². The molecule has 0 saturated carbocycles. The lowest BCUT2D eigenvalue weighted by Crippen LogP contribution is -2.17. The van der Waals surface area contributed by atoms with Crippen LogP contribution in [-0.2, 0) is 16.2 Å². The maximum Gasteiger partial charge on any atom is 0.336 e. The lowest BCUT2D eigenvalue weighted by Gasteiger charge is -2.08. The summed E-state index contributed by atoms with van der Waals surface area (Å²) >= 11 is 5.92. The van der Waals surface area contributed by atoms with Gasteiger partial charge in [-0.05, 0) is 31.2 Å². The van der Waals surface area contributed by atoms with E-state index in [1.807, 2.05) is 13.0 Å². The summed E-state index contributed by atoms with van der Waals surface area (Å²) in [6.45, 7) is 2.31. The van der Waals surface area contributed by atoms with Crippen molar-refractivity contribution in [3.63, 3.8) is 0 Å². The quantitative estimate of drug-likeness (QED) is 0.377. The number of carbonyl (C=O) groups is 1. The Morgan fingerprint density at radius 2 is 2.22 bits per heavy atom. The summed E-state index contributed by atoms with van der Waals surface area (Å²) in [6, 6.07) is 6.75. The van der Waals surface area contributed by atoms with Gasteiger partial charge in [-0.25, -0.2) is 4.79 Å². The first-order chi connectivity index (χ1) is 11.0. The second-order valence-electron chi connectivity index (χ2n) is 4.73. The largest absolute Gasteiger partial charge is 0.496 e. The number of hydrogen-bond acceptors (Lipinski definition) is 5. The monoisotopic (exact) mass is 336 g/mol. The summed E-state index contributed by atoms with van der Waals surface area (Å²) in [5.74, 6) is -0.0179. The molecule has 1 aromatic carbocycles. The topological polar surface area (TPSA) is 91.7 Å². The minimum Gasteiger partial charge on any atom is -0.496 e. The van der Waals surface area contributed by atoms with Gasteiger partial charge in [0.05, 0.1) is 25.6 Å². The summed E-state index contributed by atoms with van der Waals surface area (Å²) in [5, 5.41) is 8.19. The van der Waals surface area contributed by atoms with Gasteiger partial charge in [0.25, 0.3) is 0 Å². The molecule has 23 heavy (non-hydrogen) atoms. The Morgan fingerprint density at radius 3 is 2.87 bits per heavy atom. The van der Waals surface area contributed by atoms with E-state index in [0.717, 1.165) is 5.69 Å². The number of methoxy groups -OCH3 is 1. The van der Waals surface area contributed by atoms with Gasteiger partial charge in [-0.1, -0.05) is 16.8 Å². The second-order valence-corrected chi connectivity index (χ2v) is 5.17. The molecule has 7 nitrogen and oxygen atoms in total. The third kappa shape index (κ3) is 4.46. The van der Waals surface area contributed by atoms with Gasteiger partial charge in [0.1, 0.15) is 5.75 Å². The van der Waals surface area contributed by atoms with Crippen molar-refractivity contribution in [3.05, 3.63) is 46.7 Å². The van der Waals surface area contributed by atoms with Crippen molar-refractivity contribution in [2.75, 3.05) is 7.11 Å². The number of nitrogens with zero attached hydrogens (tertiary/aromatic N) is 3. The van der Waals surface area contributed by atoms with Crippen LogP contribution in [0.15, 0.2) is 35.6 Å². The van der Waals surface area contributed by atoms with Crippen molar-refractivity contribution >= 4 is 23.4 Å². The van der Waals surface area contributed by atoms with E-state index in [4.69, 9.17) is 26.9 Å². The minimum absolute atomic E-state index is 0.00738. The van der Waals surface area contributed by atoms with Crippen molar-refractivity contribution < 1.29 is 14.4 Å². The third-order valence-electron chi connectivity index (χ3n) is 3.14. The molecule has 0 fully saturated rings. The number of benzene rings is 1. The van der Waals surface area contributed by atoms with Crippen LogP contribution in [0.2, 0.25) is 5.02 Å². The molecule has 2 aromatic rings. The van der Waals surface area contributed by atoms with E-state index in [9.17, 15) is 4.79 Å². The normalized spacial score (nSPS) is 11.3. The van der Waals surface area contributed by atoms with Crippen LogP contribution in [0.1, 0.15) is 17.7 Å². The summed E-state index contributed by atoms with van der Waals surface area (Å²) in [4.78, 5) is 16.5. The highest BCUT2D eigenvalue weighted by Crippen LogP contribution is 2.22. The SMILES string of the molecule is COc1ccc(Cl)cc1/C(N)=N/OC(=O)CCn1nccc1C. The van der Waals surface area contributed by atoms with Crippen LogP contribution >= 0.6 is 11.6 Å². The van der Waals surface area contributed by atoms with Crippen LogP contribution in [0, 0.1) is 6.92 Å². The molecule has 0 saturated heterocycles. The number of aromatic nitrogens is 2. The van der Waals surface area contributed by atoms with Crippen molar-refractivity contribution in [1.82, 2.24) is 9.78 Å². The maximum atomic E-state index is 11.7. The first kappa shape index (κ1) is 16.8. The average Bonchev–Trinajstić information content (AvgIpc) is 2.95. The zero-order valence-corrected chi connectivity index (χ0v) is 13.6. The molecule has 2 N–H and O–H groups in total. The highest BCUT2D eigenvalue weighted by Gasteiger charge is 2.10. The second kappa shape index (κ2) is 7.64. The molecule has 2 rings (SSSR count). The first-order valence-electron chi connectivity index (χ1n) is 6.87. The van der Waals surface area contributed by atoms with Crippen molar-refractivity contribution in [3.8, 4) is 5.75 Å². The molecule has 0 amide bonds. The molecule has 0 aliphatic heterocycles. The maximum absolute atomic E-state index is 11.7. The fourth-order valence-electron chi connectivity index (χ4n) is 1.91. The Hall–Kier alpha value is -2.54. The van der Waals surface area contributed by atoms with E-state index in [1.165, 1.54) is 7.11 Å². The molecule has 0 radical (unpaired) electrons. The molecule has 0 bridgehead atoms. The van der Waals surface area contributed by atoms with E-state index in [1.54, 1.807) is 29.1 Å². The Kier molecular flexibility index (Phi) is 5.59. The number of rotatable bonds is 6. The number of halogens is 1. The van der Waals surface area contributed by atoms with Gasteiger partial charge in [-0.2, -0.15) is 5.10 Å². The van der Waals surface area contributed by atoms with Gasteiger partial charge in [-0.15, -0.1) is 0 Å². The van der Waals surface area contributed by atoms with Gasteiger partial charge in [0, 0.05) is 16.9 Å². The highest BCUT2D eigenvalue weighted by molar-refractivity contribution is 6.31. The van der Waals surface area contributed by atoms with Crippen LogP contribution < -0.4 is 10.5 Å². The molecule has 0 aliphatic rings. The number of amidine groups is 1. The number of aryl methyl sites for hydroxylation is 2. The lowest BCUT2D eigenvalue weighted by molar-refractivity contribution is -0.144. The van der Waals surface area contributed by atoms with Crippen molar-refractivity contribution in [2.45, 2.75) is 19.9 Å². The van der Waals surface area contributed by atoms with Gasteiger partial charge in [0.15, 0.2) is 5.84 Å². The summed E-state index contributed by atoms with van der Waals surface area (Å²) in [5.41, 5.74) is 7.24. The van der Waals surface area contributed by atoms with Crippen molar-refractivity contribution in [2.24, 2.45) is 10.9 Å². The zero-order valence-electron chi connectivity index (χ0n) is 12.8. The summed E-state index contributed by atoms with van der Waals surface area (Å²) < 4.78 is 6.87. The fraction of sp³-hybridized carbons (Fsp3) is 0.267. The Bertz CT molecular complexity index is 727. The van der Waals surface area contributed by atoms with Gasteiger partial charge in [-0.3, -0.25) is 4.68 Å². The van der Waals surface area contributed by atoms with Crippen LogP contribution in [0.4, 0.5) is 0 Å². The van der Waals surface area contributed by atoms with Crippen LogP contribution in [0.5, 0.6) is 5.75 Å². The van der Waals surface area contributed by atoms with E-state index in [2.05, 4.69) is 10.3 Å². The Balaban J connectivity index is 1.97. The molecule has 0 spiro atoms. The molecule has 1 heterocycles. The highest BCUT2D eigenvalue weighted by atomic mass is 35.5. The molecule has 0 unspecified atom stereocenters. The molecule has 0 atom stereocenters. The van der Waals surface area contributed by atoms with E-state index < -0.39 is 5.97 Å². The summed E-state index contributed by atoms with van der Waals surface area (Å²) in [7, 11) is 1.50. The minimum atomic E-state index is -0.510. The lowest BCUT2D eigenvalue weighted by atomic mass is 10.2. The first-order valence-corrected chi connectivity index (χ1v) is 7.24. The molecule has 0 aliphatic carbocycles. The number of carbonyl (C=O) groups excluding carboxylic acids is 1. The summed E-state index contributed by atoms with van der Waals surface area (Å²) in [6.07, 6.45) is 1.80. The van der Waals surface area contributed by atoms with Gasteiger partial charge >= 0.3 is 5.97 Å².